The average Bonchev–Trinajstić information content (AvgIpc) is 2.60. The fourth-order valence-electron chi connectivity index (χ4n) is 1.89. The van der Waals surface area contributed by atoms with Crippen LogP contribution in [0.4, 0.5) is 5.69 Å². The first-order valence-corrected chi connectivity index (χ1v) is 7.74. The monoisotopic (exact) mass is 358 g/mol. The Morgan fingerprint density at radius 2 is 2.00 bits per heavy atom. The van der Waals surface area contributed by atoms with E-state index in [9.17, 15) is 9.59 Å². The van der Waals surface area contributed by atoms with E-state index in [0.717, 1.165) is 0 Å². The maximum Gasteiger partial charge on any atom is 0.344 e. The molecular formula is C18H15ClN2O4. The lowest BCUT2D eigenvalue weighted by Crippen LogP contribution is -2.31. The van der Waals surface area contributed by atoms with E-state index >= 15 is 0 Å². The smallest absolute Gasteiger partial charge is 0.344 e. The van der Waals surface area contributed by atoms with Crippen molar-refractivity contribution >= 4 is 29.2 Å². The molecule has 25 heavy (non-hydrogen) atoms. The number of amides is 1. The third-order valence-corrected chi connectivity index (χ3v) is 3.32. The molecule has 0 bridgehead atoms. The average molecular weight is 359 g/mol. The van der Waals surface area contributed by atoms with Crippen LogP contribution in [0.25, 0.3) is 0 Å². The lowest BCUT2D eigenvalue weighted by atomic mass is 10.2. The van der Waals surface area contributed by atoms with Crippen molar-refractivity contribution in [2.75, 3.05) is 11.9 Å². The van der Waals surface area contributed by atoms with Crippen LogP contribution in [0.3, 0.4) is 0 Å². The SMILES string of the molecule is C[C@@H](OC(=O)COc1cccc(Cl)c1)C(=O)Nc1cccc(C#N)c1. The van der Waals surface area contributed by atoms with Crippen molar-refractivity contribution in [2.24, 2.45) is 0 Å². The normalized spacial score (nSPS) is 11.1. The summed E-state index contributed by atoms with van der Waals surface area (Å²) in [5, 5.41) is 11.9. The van der Waals surface area contributed by atoms with Gasteiger partial charge in [-0.1, -0.05) is 23.7 Å². The third kappa shape index (κ3) is 5.83. The lowest BCUT2D eigenvalue weighted by Gasteiger charge is -2.14. The molecule has 0 radical (unpaired) electrons. The van der Waals surface area contributed by atoms with E-state index in [1.165, 1.54) is 13.0 Å². The number of ether oxygens (including phenoxy) is 2. The summed E-state index contributed by atoms with van der Waals surface area (Å²) in [6.45, 7) is 1.10. The van der Waals surface area contributed by atoms with Crippen LogP contribution in [0.15, 0.2) is 48.5 Å². The summed E-state index contributed by atoms with van der Waals surface area (Å²) in [5.41, 5.74) is 0.861. The highest BCUT2D eigenvalue weighted by Gasteiger charge is 2.18. The Labute approximate surface area is 149 Å². The van der Waals surface area contributed by atoms with Gasteiger partial charge in [0.2, 0.25) is 0 Å². The first-order valence-electron chi connectivity index (χ1n) is 7.37. The van der Waals surface area contributed by atoms with Crippen LogP contribution in [0.5, 0.6) is 5.75 Å². The fourth-order valence-corrected chi connectivity index (χ4v) is 2.07. The van der Waals surface area contributed by atoms with E-state index in [1.54, 1.807) is 42.5 Å². The molecule has 1 amide bonds. The van der Waals surface area contributed by atoms with Crippen LogP contribution >= 0.6 is 11.6 Å². The first kappa shape index (κ1) is 18.3. The molecule has 128 valence electrons. The van der Waals surface area contributed by atoms with Gasteiger partial charge < -0.3 is 14.8 Å². The summed E-state index contributed by atoms with van der Waals surface area (Å²) < 4.78 is 10.3. The second kappa shape index (κ2) is 8.71. The van der Waals surface area contributed by atoms with Crippen molar-refractivity contribution in [3.8, 4) is 11.8 Å². The molecule has 1 N–H and O–H groups in total. The van der Waals surface area contributed by atoms with Crippen molar-refractivity contribution in [3.05, 3.63) is 59.1 Å². The minimum atomic E-state index is -1.01. The van der Waals surface area contributed by atoms with Gasteiger partial charge in [-0.3, -0.25) is 4.79 Å². The van der Waals surface area contributed by atoms with Crippen LogP contribution in [-0.2, 0) is 14.3 Å². The summed E-state index contributed by atoms with van der Waals surface area (Å²) in [5.74, 6) is -0.769. The highest BCUT2D eigenvalue weighted by Crippen LogP contribution is 2.17. The third-order valence-electron chi connectivity index (χ3n) is 3.09. The number of hydrogen-bond acceptors (Lipinski definition) is 5. The van der Waals surface area contributed by atoms with Gasteiger partial charge in [-0.15, -0.1) is 0 Å². The molecule has 0 fully saturated rings. The number of nitrogens with zero attached hydrogens (tertiary/aromatic N) is 1. The summed E-state index contributed by atoms with van der Waals surface area (Å²) in [6.07, 6.45) is -1.01. The van der Waals surface area contributed by atoms with Crippen molar-refractivity contribution in [1.82, 2.24) is 0 Å². The molecule has 6 nitrogen and oxygen atoms in total. The van der Waals surface area contributed by atoms with E-state index in [-0.39, 0.29) is 6.61 Å². The number of halogens is 1. The molecule has 1 atom stereocenters. The predicted octanol–water partition coefficient (Wildman–Crippen LogP) is 3.16. The Morgan fingerprint density at radius 1 is 1.24 bits per heavy atom. The summed E-state index contributed by atoms with van der Waals surface area (Å²) >= 11 is 5.82. The molecule has 0 aliphatic heterocycles. The molecule has 0 heterocycles. The zero-order valence-electron chi connectivity index (χ0n) is 13.4. The van der Waals surface area contributed by atoms with Gasteiger partial charge in [0.15, 0.2) is 12.7 Å². The number of esters is 1. The van der Waals surface area contributed by atoms with Gasteiger partial charge in [-0.25, -0.2) is 4.79 Å². The van der Waals surface area contributed by atoms with Crippen LogP contribution in [0.2, 0.25) is 5.02 Å². The van der Waals surface area contributed by atoms with Gasteiger partial charge in [0.25, 0.3) is 5.91 Å². The number of nitrogens with one attached hydrogen (secondary N) is 1. The Hall–Kier alpha value is -3.04. The molecule has 0 saturated carbocycles. The molecular weight excluding hydrogens is 344 g/mol. The van der Waals surface area contributed by atoms with Gasteiger partial charge in [-0.2, -0.15) is 5.26 Å². The number of nitriles is 1. The second-order valence-electron chi connectivity index (χ2n) is 5.06. The van der Waals surface area contributed by atoms with E-state index in [2.05, 4.69) is 5.32 Å². The lowest BCUT2D eigenvalue weighted by molar-refractivity contribution is -0.155. The topological polar surface area (TPSA) is 88.4 Å². The van der Waals surface area contributed by atoms with Crippen molar-refractivity contribution < 1.29 is 19.1 Å². The second-order valence-corrected chi connectivity index (χ2v) is 5.50. The number of hydrogen-bond donors (Lipinski definition) is 1. The molecule has 0 spiro atoms. The number of carbonyl (C=O) groups excluding carboxylic acids is 2. The Balaban J connectivity index is 1.83. The van der Waals surface area contributed by atoms with Crippen LogP contribution in [0, 0.1) is 11.3 Å². The molecule has 0 unspecified atom stereocenters. The first-order chi connectivity index (χ1) is 12.0. The molecule has 2 aromatic rings. The number of rotatable bonds is 6. The molecule has 0 saturated heterocycles. The van der Waals surface area contributed by atoms with Gasteiger partial charge >= 0.3 is 5.97 Å². The standard InChI is InChI=1S/C18H15ClN2O4/c1-12(18(23)21-15-6-2-4-13(8-15)10-20)25-17(22)11-24-16-7-3-5-14(19)9-16/h2-9,12H,11H2,1H3,(H,21,23)/t12-/m1/s1. The minimum absolute atomic E-state index is 0.345. The summed E-state index contributed by atoms with van der Waals surface area (Å²) in [6, 6.07) is 15.0. The van der Waals surface area contributed by atoms with Gasteiger partial charge in [0, 0.05) is 10.7 Å². The zero-order valence-corrected chi connectivity index (χ0v) is 14.1. The number of anilines is 1. The quantitative estimate of drug-likeness (QED) is 0.801. The van der Waals surface area contributed by atoms with Crippen molar-refractivity contribution in [2.45, 2.75) is 13.0 Å². The molecule has 7 heteroatoms. The summed E-state index contributed by atoms with van der Waals surface area (Å²) in [4.78, 5) is 23.8. The number of benzene rings is 2. The minimum Gasteiger partial charge on any atom is -0.482 e. The van der Waals surface area contributed by atoms with Gasteiger partial charge in [0.1, 0.15) is 5.75 Å². The maximum absolute atomic E-state index is 12.0. The Kier molecular flexibility index (Phi) is 6.38. The molecule has 0 aromatic heterocycles. The zero-order chi connectivity index (χ0) is 18.2. The highest BCUT2D eigenvalue weighted by atomic mass is 35.5. The largest absolute Gasteiger partial charge is 0.482 e. The van der Waals surface area contributed by atoms with Gasteiger partial charge in [-0.05, 0) is 43.3 Å². The Morgan fingerprint density at radius 3 is 2.72 bits per heavy atom. The maximum atomic E-state index is 12.0. The van der Waals surface area contributed by atoms with Crippen LogP contribution in [0.1, 0.15) is 12.5 Å². The molecule has 2 rings (SSSR count). The van der Waals surface area contributed by atoms with E-state index in [0.29, 0.717) is 22.0 Å². The summed E-state index contributed by atoms with van der Waals surface area (Å²) in [7, 11) is 0. The van der Waals surface area contributed by atoms with Crippen LogP contribution < -0.4 is 10.1 Å². The Bertz CT molecular complexity index is 817. The van der Waals surface area contributed by atoms with Gasteiger partial charge in [0.05, 0.1) is 11.6 Å². The van der Waals surface area contributed by atoms with E-state index < -0.39 is 18.0 Å². The van der Waals surface area contributed by atoms with E-state index in [1.807, 2.05) is 6.07 Å². The highest BCUT2D eigenvalue weighted by molar-refractivity contribution is 6.30. The fraction of sp³-hybridized carbons (Fsp3) is 0.167. The molecule has 0 aliphatic carbocycles. The van der Waals surface area contributed by atoms with Crippen molar-refractivity contribution in [3.63, 3.8) is 0 Å². The van der Waals surface area contributed by atoms with Crippen LogP contribution in [-0.4, -0.2) is 24.6 Å². The number of carbonyl (C=O) groups is 2. The molecule has 0 aliphatic rings. The van der Waals surface area contributed by atoms with Crippen molar-refractivity contribution in [1.29, 1.82) is 5.26 Å². The molecule has 2 aromatic carbocycles. The predicted molar refractivity (Wildman–Crippen MR) is 92.3 cm³/mol. The van der Waals surface area contributed by atoms with E-state index in [4.69, 9.17) is 26.3 Å².